The molecule has 23 heavy (non-hydrogen) atoms. The molecule has 0 aliphatic carbocycles. The van der Waals surface area contributed by atoms with E-state index in [0.29, 0.717) is 38.8 Å². The first-order valence-corrected chi connectivity index (χ1v) is 9.87. The molecule has 0 spiro atoms. The predicted molar refractivity (Wildman–Crippen MR) is 88.9 cm³/mol. The topological polar surface area (TPSA) is 106 Å². The molecule has 0 aromatic rings. The summed E-state index contributed by atoms with van der Waals surface area (Å²) < 4.78 is 37.5. The summed E-state index contributed by atoms with van der Waals surface area (Å²) >= 11 is 0. The van der Waals surface area contributed by atoms with Crippen molar-refractivity contribution >= 4 is 16.0 Å². The molecule has 2 atom stereocenters. The van der Waals surface area contributed by atoms with Crippen LogP contribution >= 0.6 is 0 Å². The molecular weight excluding hydrogens is 320 g/mol. The smallest absolute Gasteiger partial charge is 0.213 e. The number of hydrogen-bond acceptors (Lipinski definition) is 5. The molecule has 0 aromatic heterocycles. The molecule has 9 heteroatoms. The Balaban J connectivity index is 1.71. The average molecular weight is 348 g/mol. The Hall–Kier alpha value is -0.900. The predicted octanol–water partition coefficient (Wildman–Crippen LogP) is -0.490. The lowest BCUT2D eigenvalue weighted by atomic mass is 10.1. The van der Waals surface area contributed by atoms with Gasteiger partial charge in [0.25, 0.3) is 0 Å². The lowest BCUT2D eigenvalue weighted by Crippen LogP contribution is -2.48. The van der Waals surface area contributed by atoms with Crippen molar-refractivity contribution < 1.29 is 17.9 Å². The second-order valence-electron chi connectivity index (χ2n) is 6.02. The summed E-state index contributed by atoms with van der Waals surface area (Å²) in [5.41, 5.74) is 5.92. The van der Waals surface area contributed by atoms with Crippen LogP contribution in [0.15, 0.2) is 4.99 Å². The second kappa shape index (κ2) is 8.81. The minimum atomic E-state index is -3.35. The lowest BCUT2D eigenvalue weighted by molar-refractivity contribution is 0.00531. The molecule has 2 rings (SSSR count). The summed E-state index contributed by atoms with van der Waals surface area (Å²) in [4.78, 5) is 6.10. The van der Waals surface area contributed by atoms with Crippen molar-refractivity contribution in [2.24, 2.45) is 10.7 Å². The highest BCUT2D eigenvalue weighted by molar-refractivity contribution is 7.89. The maximum atomic E-state index is 12.0. The molecule has 0 radical (unpaired) electrons. The average Bonchev–Trinajstić information content (AvgIpc) is 2.54. The number of morpholine rings is 1. The second-order valence-corrected chi connectivity index (χ2v) is 7.95. The molecule has 2 aliphatic heterocycles. The Labute approximate surface area is 138 Å². The zero-order valence-electron chi connectivity index (χ0n) is 13.7. The van der Waals surface area contributed by atoms with Gasteiger partial charge in [-0.1, -0.05) is 0 Å². The van der Waals surface area contributed by atoms with E-state index in [2.05, 4.69) is 9.71 Å². The van der Waals surface area contributed by atoms with Gasteiger partial charge in [0.05, 0.1) is 31.1 Å². The zero-order valence-corrected chi connectivity index (χ0v) is 14.6. The highest BCUT2D eigenvalue weighted by Crippen LogP contribution is 2.11. The number of nitrogens with one attached hydrogen (secondary N) is 1. The molecule has 0 amide bonds. The molecule has 0 bridgehead atoms. The van der Waals surface area contributed by atoms with E-state index < -0.39 is 10.0 Å². The van der Waals surface area contributed by atoms with Gasteiger partial charge < -0.3 is 20.1 Å². The van der Waals surface area contributed by atoms with Crippen molar-refractivity contribution in [3.05, 3.63) is 0 Å². The fraction of sp³-hybridized carbons (Fsp3) is 0.929. The fourth-order valence-corrected chi connectivity index (χ4v) is 3.58. The highest BCUT2D eigenvalue weighted by atomic mass is 32.2. The molecule has 8 nitrogen and oxygen atoms in total. The van der Waals surface area contributed by atoms with E-state index in [1.807, 2.05) is 11.8 Å². The SMILES string of the molecule is CC1CN(C(N)=NCCS(=O)(=O)NCC2CCCCO2)CCO1. The van der Waals surface area contributed by atoms with E-state index in [1.54, 1.807) is 0 Å². The molecular formula is C14H28N4O4S. The summed E-state index contributed by atoms with van der Waals surface area (Å²) in [6, 6.07) is 0. The van der Waals surface area contributed by atoms with Gasteiger partial charge in [-0.2, -0.15) is 0 Å². The van der Waals surface area contributed by atoms with Gasteiger partial charge in [0.2, 0.25) is 10.0 Å². The van der Waals surface area contributed by atoms with Crippen LogP contribution in [0.3, 0.4) is 0 Å². The van der Waals surface area contributed by atoms with Crippen molar-refractivity contribution in [3.8, 4) is 0 Å². The summed E-state index contributed by atoms with van der Waals surface area (Å²) in [6.45, 7) is 5.15. The van der Waals surface area contributed by atoms with Crippen LogP contribution in [0.4, 0.5) is 0 Å². The van der Waals surface area contributed by atoms with Crippen molar-refractivity contribution in [3.63, 3.8) is 0 Å². The van der Waals surface area contributed by atoms with Crippen LogP contribution in [0.5, 0.6) is 0 Å². The molecule has 0 saturated carbocycles. The maximum Gasteiger partial charge on any atom is 0.213 e. The largest absolute Gasteiger partial charge is 0.377 e. The first-order valence-electron chi connectivity index (χ1n) is 8.22. The van der Waals surface area contributed by atoms with Gasteiger partial charge in [-0.25, -0.2) is 13.1 Å². The van der Waals surface area contributed by atoms with Crippen LogP contribution in [-0.2, 0) is 19.5 Å². The van der Waals surface area contributed by atoms with Gasteiger partial charge in [0.1, 0.15) is 0 Å². The van der Waals surface area contributed by atoms with Gasteiger partial charge in [0.15, 0.2) is 5.96 Å². The Morgan fingerprint density at radius 2 is 2.17 bits per heavy atom. The van der Waals surface area contributed by atoms with Crippen molar-refractivity contribution in [1.82, 2.24) is 9.62 Å². The summed E-state index contributed by atoms with van der Waals surface area (Å²) in [5.74, 6) is 0.311. The van der Waals surface area contributed by atoms with E-state index in [0.717, 1.165) is 19.3 Å². The van der Waals surface area contributed by atoms with Crippen molar-refractivity contribution in [2.75, 3.05) is 45.1 Å². The zero-order chi connectivity index (χ0) is 16.7. The van der Waals surface area contributed by atoms with Crippen LogP contribution < -0.4 is 10.5 Å². The Morgan fingerprint density at radius 1 is 1.35 bits per heavy atom. The molecule has 2 aliphatic rings. The molecule has 2 saturated heterocycles. The van der Waals surface area contributed by atoms with Gasteiger partial charge >= 0.3 is 0 Å². The third-order valence-corrected chi connectivity index (χ3v) is 5.33. The maximum absolute atomic E-state index is 12.0. The van der Waals surface area contributed by atoms with E-state index in [1.165, 1.54) is 0 Å². The fourth-order valence-electron chi connectivity index (χ4n) is 2.67. The molecule has 134 valence electrons. The summed E-state index contributed by atoms with van der Waals surface area (Å²) in [6.07, 6.45) is 3.14. The quantitative estimate of drug-likeness (QED) is 0.496. The lowest BCUT2D eigenvalue weighted by Gasteiger charge is -2.31. The van der Waals surface area contributed by atoms with Crippen molar-refractivity contribution in [1.29, 1.82) is 0 Å². The van der Waals surface area contributed by atoms with E-state index in [9.17, 15) is 8.42 Å². The molecule has 3 N–H and O–H groups in total. The third-order valence-electron chi connectivity index (χ3n) is 4.00. The van der Waals surface area contributed by atoms with Gasteiger partial charge in [-0.15, -0.1) is 0 Å². The number of nitrogens with two attached hydrogens (primary N) is 1. The third kappa shape index (κ3) is 6.62. The van der Waals surface area contributed by atoms with Crippen molar-refractivity contribution in [2.45, 2.75) is 38.4 Å². The number of guanidine groups is 1. The van der Waals surface area contributed by atoms with Gasteiger partial charge in [-0.3, -0.25) is 4.99 Å². The summed E-state index contributed by atoms with van der Waals surface area (Å²) in [7, 11) is -3.35. The van der Waals surface area contributed by atoms with Gasteiger partial charge in [0, 0.05) is 26.2 Å². The Morgan fingerprint density at radius 3 is 2.87 bits per heavy atom. The normalized spacial score (nSPS) is 27.2. The minimum Gasteiger partial charge on any atom is -0.377 e. The number of ether oxygens (including phenoxy) is 2. The van der Waals surface area contributed by atoms with E-state index >= 15 is 0 Å². The number of hydrogen-bond donors (Lipinski definition) is 2. The summed E-state index contributed by atoms with van der Waals surface area (Å²) in [5, 5.41) is 0. The minimum absolute atomic E-state index is 0.0121. The Kier molecular flexibility index (Phi) is 7.07. The van der Waals surface area contributed by atoms with Crippen LogP contribution in [0.1, 0.15) is 26.2 Å². The number of aliphatic imine (C=N–C) groups is 1. The first-order chi connectivity index (χ1) is 11.0. The molecule has 2 heterocycles. The number of nitrogens with zero attached hydrogens (tertiary/aromatic N) is 2. The number of rotatable bonds is 6. The first kappa shape index (κ1) is 18.4. The van der Waals surface area contributed by atoms with Crippen LogP contribution in [0, 0.1) is 0 Å². The molecule has 2 fully saturated rings. The monoisotopic (exact) mass is 348 g/mol. The van der Waals surface area contributed by atoms with E-state index in [4.69, 9.17) is 15.2 Å². The molecule has 0 aromatic carbocycles. The van der Waals surface area contributed by atoms with Crippen LogP contribution in [-0.4, -0.2) is 76.6 Å². The number of sulfonamides is 1. The highest BCUT2D eigenvalue weighted by Gasteiger charge is 2.19. The van der Waals surface area contributed by atoms with Crippen LogP contribution in [0.2, 0.25) is 0 Å². The van der Waals surface area contributed by atoms with Crippen LogP contribution in [0.25, 0.3) is 0 Å². The van der Waals surface area contributed by atoms with Gasteiger partial charge in [-0.05, 0) is 26.2 Å². The van der Waals surface area contributed by atoms with E-state index in [-0.39, 0.29) is 24.5 Å². The Bertz CT molecular complexity index is 491. The standard InChI is InChI=1S/C14H28N4O4S/c1-12-11-18(6-8-21-12)14(15)16-5-9-23(19,20)17-10-13-4-2-3-7-22-13/h12-13,17H,2-11H2,1H3,(H2,15,16). The molecule has 2 unspecified atom stereocenters.